The van der Waals surface area contributed by atoms with Crippen LogP contribution < -0.4 is 0 Å². The van der Waals surface area contributed by atoms with Gasteiger partial charge in [0.15, 0.2) is 6.10 Å². The Morgan fingerprint density at radius 2 is 2.08 bits per heavy atom. The zero-order valence-electron chi connectivity index (χ0n) is 6.99. The second-order valence-electron chi connectivity index (χ2n) is 3.37. The third-order valence-corrected chi connectivity index (χ3v) is 2.44. The summed E-state index contributed by atoms with van der Waals surface area (Å²) < 4.78 is 9.37. The monoisotopic (exact) mass is 186 g/mol. The van der Waals surface area contributed by atoms with Crippen molar-refractivity contribution in [3.63, 3.8) is 0 Å². The van der Waals surface area contributed by atoms with Crippen LogP contribution in [0.2, 0.25) is 0 Å². The molecule has 1 heterocycles. The molecule has 0 radical (unpaired) electrons. The predicted octanol–water partition coefficient (Wildman–Crippen LogP) is -0.282. The summed E-state index contributed by atoms with van der Waals surface area (Å²) in [6.07, 6.45) is 1.87. The second kappa shape index (κ2) is 2.70. The van der Waals surface area contributed by atoms with Gasteiger partial charge >= 0.3 is 11.9 Å². The van der Waals surface area contributed by atoms with Crippen LogP contribution in [-0.4, -0.2) is 28.9 Å². The molecule has 1 aliphatic heterocycles. The first-order valence-corrected chi connectivity index (χ1v) is 4.28. The number of esters is 2. The van der Waals surface area contributed by atoms with Crippen LogP contribution in [0.25, 0.3) is 0 Å². The molecule has 1 aliphatic carbocycles. The highest BCUT2D eigenvalue weighted by atomic mass is 16.7. The number of carbonyl (C=O) groups is 2. The lowest BCUT2D eigenvalue weighted by Crippen LogP contribution is -2.56. The highest BCUT2D eigenvalue weighted by Gasteiger charge is 2.50. The Balaban J connectivity index is 2.19. The van der Waals surface area contributed by atoms with E-state index < -0.39 is 23.8 Å². The van der Waals surface area contributed by atoms with Crippen LogP contribution in [-0.2, 0) is 19.1 Å². The topological polar surface area (TPSA) is 72.8 Å². The molecule has 2 atom stereocenters. The number of hydrogen-bond donors (Lipinski definition) is 1. The highest BCUT2D eigenvalue weighted by molar-refractivity contribution is 6.30. The quantitative estimate of drug-likeness (QED) is 0.416. The molecule has 0 aromatic rings. The van der Waals surface area contributed by atoms with Crippen molar-refractivity contribution in [2.45, 2.75) is 37.6 Å². The summed E-state index contributed by atoms with van der Waals surface area (Å²) >= 11 is 0. The van der Waals surface area contributed by atoms with Gasteiger partial charge in [-0.05, 0) is 19.3 Å². The van der Waals surface area contributed by atoms with Gasteiger partial charge in [0.25, 0.3) is 0 Å². The lowest BCUT2D eigenvalue weighted by molar-refractivity contribution is -0.283. The summed E-state index contributed by atoms with van der Waals surface area (Å²) in [6, 6.07) is 0. The Morgan fingerprint density at radius 1 is 1.31 bits per heavy atom. The third kappa shape index (κ3) is 1.29. The van der Waals surface area contributed by atoms with Gasteiger partial charge in [0.2, 0.25) is 5.79 Å². The molecule has 2 unspecified atom stereocenters. The fourth-order valence-corrected chi connectivity index (χ4v) is 1.74. The normalized spacial score (nSPS) is 39.0. The number of hydrogen-bond acceptors (Lipinski definition) is 5. The number of carbonyl (C=O) groups excluding carboxylic acids is 2. The van der Waals surface area contributed by atoms with Crippen LogP contribution in [0.1, 0.15) is 25.7 Å². The van der Waals surface area contributed by atoms with Crippen molar-refractivity contribution in [3.05, 3.63) is 0 Å². The maximum Gasteiger partial charge on any atom is 0.420 e. The summed E-state index contributed by atoms with van der Waals surface area (Å²) in [5.41, 5.74) is 0. The molecule has 13 heavy (non-hydrogen) atoms. The first-order valence-electron chi connectivity index (χ1n) is 4.28. The number of aliphatic hydroxyl groups is 1. The first-order chi connectivity index (χ1) is 6.12. The lowest BCUT2D eigenvalue weighted by Gasteiger charge is -2.40. The van der Waals surface area contributed by atoms with Gasteiger partial charge in [0.05, 0.1) is 0 Å². The van der Waals surface area contributed by atoms with E-state index in [0.29, 0.717) is 12.8 Å². The zero-order valence-corrected chi connectivity index (χ0v) is 6.99. The minimum atomic E-state index is -1.57. The van der Waals surface area contributed by atoms with Gasteiger partial charge in [0.1, 0.15) is 0 Å². The molecule has 1 N–H and O–H groups in total. The highest BCUT2D eigenvalue weighted by Crippen LogP contribution is 2.34. The molecule has 2 fully saturated rings. The van der Waals surface area contributed by atoms with Crippen molar-refractivity contribution in [2.75, 3.05) is 0 Å². The molecule has 1 saturated carbocycles. The lowest BCUT2D eigenvalue weighted by atomic mass is 9.90. The molecule has 5 heteroatoms. The molecular weight excluding hydrogens is 176 g/mol. The summed E-state index contributed by atoms with van der Waals surface area (Å²) in [5, 5.41) is 9.76. The van der Waals surface area contributed by atoms with E-state index >= 15 is 0 Å². The van der Waals surface area contributed by atoms with Crippen LogP contribution in [0.4, 0.5) is 0 Å². The van der Waals surface area contributed by atoms with E-state index in [1.165, 1.54) is 0 Å². The van der Waals surface area contributed by atoms with E-state index in [4.69, 9.17) is 4.74 Å². The smallest absolute Gasteiger partial charge is 0.420 e. The maximum absolute atomic E-state index is 10.8. The van der Waals surface area contributed by atoms with Gasteiger partial charge < -0.3 is 14.6 Å². The Morgan fingerprint density at radius 3 is 2.85 bits per heavy atom. The summed E-state index contributed by atoms with van der Waals surface area (Å²) in [5.74, 6) is -3.67. The van der Waals surface area contributed by atoms with Crippen LogP contribution in [0.15, 0.2) is 0 Å². The largest absolute Gasteiger partial charge is 0.447 e. The standard InChI is InChI=1S/C8H10O5/c9-6-7(10)13-8(11)4-2-1-3-5(8)12-6/h5,11H,1-4H2. The number of ether oxygens (including phenoxy) is 2. The fourth-order valence-electron chi connectivity index (χ4n) is 1.74. The Bertz CT molecular complexity index is 261. The third-order valence-electron chi connectivity index (χ3n) is 2.44. The van der Waals surface area contributed by atoms with Crippen molar-refractivity contribution < 1.29 is 24.2 Å². The zero-order chi connectivity index (χ0) is 9.47. The molecule has 2 rings (SSSR count). The molecule has 2 aliphatic rings. The van der Waals surface area contributed by atoms with Gasteiger partial charge in [-0.3, -0.25) is 0 Å². The molecule has 0 amide bonds. The van der Waals surface area contributed by atoms with Crippen molar-refractivity contribution in [3.8, 4) is 0 Å². The van der Waals surface area contributed by atoms with Crippen molar-refractivity contribution in [2.24, 2.45) is 0 Å². The van der Waals surface area contributed by atoms with Gasteiger partial charge in [-0.1, -0.05) is 0 Å². The Kier molecular flexibility index (Phi) is 1.76. The molecule has 1 saturated heterocycles. The van der Waals surface area contributed by atoms with E-state index in [2.05, 4.69) is 4.74 Å². The number of rotatable bonds is 0. The average molecular weight is 186 g/mol. The van der Waals surface area contributed by atoms with Crippen LogP contribution in [0, 0.1) is 0 Å². The minimum absolute atomic E-state index is 0.344. The second-order valence-corrected chi connectivity index (χ2v) is 3.37. The van der Waals surface area contributed by atoms with Gasteiger partial charge in [0, 0.05) is 6.42 Å². The van der Waals surface area contributed by atoms with E-state index in [0.717, 1.165) is 12.8 Å². The van der Waals surface area contributed by atoms with Gasteiger partial charge in [-0.15, -0.1) is 0 Å². The van der Waals surface area contributed by atoms with E-state index in [-0.39, 0.29) is 0 Å². The Labute approximate surface area is 74.6 Å². The van der Waals surface area contributed by atoms with Gasteiger partial charge in [-0.2, -0.15) is 0 Å². The summed E-state index contributed by atoms with van der Waals surface area (Å²) in [4.78, 5) is 21.6. The van der Waals surface area contributed by atoms with Crippen molar-refractivity contribution >= 4 is 11.9 Å². The number of fused-ring (bicyclic) bond motifs is 1. The molecule has 0 aromatic carbocycles. The molecular formula is C8H10O5. The first kappa shape index (κ1) is 8.50. The molecule has 0 aromatic heterocycles. The molecule has 5 nitrogen and oxygen atoms in total. The fraction of sp³-hybridized carbons (Fsp3) is 0.750. The Hall–Kier alpha value is -1.10. The van der Waals surface area contributed by atoms with Crippen LogP contribution >= 0.6 is 0 Å². The minimum Gasteiger partial charge on any atom is -0.447 e. The maximum atomic E-state index is 10.8. The van der Waals surface area contributed by atoms with Crippen LogP contribution in [0.3, 0.4) is 0 Å². The van der Waals surface area contributed by atoms with E-state index in [1.807, 2.05) is 0 Å². The van der Waals surface area contributed by atoms with Crippen LogP contribution in [0.5, 0.6) is 0 Å². The van der Waals surface area contributed by atoms with E-state index in [9.17, 15) is 14.7 Å². The summed E-state index contributed by atoms with van der Waals surface area (Å²) in [6.45, 7) is 0. The molecule has 0 bridgehead atoms. The molecule has 0 spiro atoms. The SMILES string of the molecule is O=C1OC2CCCCC2(O)OC1=O. The van der Waals surface area contributed by atoms with Crippen molar-refractivity contribution in [1.29, 1.82) is 0 Å². The molecule has 72 valence electrons. The van der Waals surface area contributed by atoms with Gasteiger partial charge in [-0.25, -0.2) is 9.59 Å². The van der Waals surface area contributed by atoms with Crippen molar-refractivity contribution in [1.82, 2.24) is 0 Å². The summed E-state index contributed by atoms with van der Waals surface area (Å²) in [7, 11) is 0. The van der Waals surface area contributed by atoms with E-state index in [1.54, 1.807) is 0 Å². The predicted molar refractivity (Wildman–Crippen MR) is 39.4 cm³/mol. The average Bonchev–Trinajstić information content (AvgIpc) is 2.07.